The zero-order valence-electron chi connectivity index (χ0n) is 33.8. The average Bonchev–Trinajstić information content (AvgIpc) is 3.92. The molecule has 1 aliphatic carbocycles. The van der Waals surface area contributed by atoms with Gasteiger partial charge in [-0.05, 0) is 65.5 Å². The molecule has 60 heavy (non-hydrogen) atoms. The van der Waals surface area contributed by atoms with Crippen LogP contribution in [0, 0.1) is 18.8 Å². The van der Waals surface area contributed by atoms with E-state index in [1.165, 1.54) is 27.5 Å². The van der Waals surface area contributed by atoms with Gasteiger partial charge in [0, 0.05) is 78.3 Å². The molecular weight excluding hydrogens is 935 g/mol. The van der Waals surface area contributed by atoms with Crippen LogP contribution in [0.1, 0.15) is 49.7 Å². The molecule has 7 heteroatoms. The molecule has 8 aromatic rings. The zero-order chi connectivity index (χ0) is 39.8. The maximum absolute atomic E-state index is 6.81. The number of aromatic nitrogens is 2. The normalized spacial score (nSPS) is 16.3. The van der Waals surface area contributed by atoms with Crippen molar-refractivity contribution in [2.45, 2.75) is 38.3 Å². The predicted molar refractivity (Wildman–Crippen MR) is 245 cm³/mol. The topological polar surface area (TPSA) is 33.5 Å². The Morgan fingerprint density at radius 1 is 0.733 bits per heavy atom. The average molecular weight is 977 g/mol. The van der Waals surface area contributed by atoms with E-state index in [0.29, 0.717) is 17.2 Å². The van der Waals surface area contributed by atoms with Gasteiger partial charge in [0.1, 0.15) is 5.82 Å². The fraction of sp³-hybridized carbons (Fsp3) is 0.132. The summed E-state index contributed by atoms with van der Waals surface area (Å²) in [7, 11) is -0.422. The van der Waals surface area contributed by atoms with E-state index in [4.69, 9.17) is 9.72 Å². The molecule has 0 spiro atoms. The standard InChI is InChI=1S/C53H42N4OP.Pt/c1-53(2,3)37-28-29-54-49(30-37)57-45-26-15-27-47-50(45)51-46(57)32-40(33-48(51)59(47)4)58-39-21-13-20-38(31-39)55-34-56(44-25-12-11-24-43(44)55)52-41(35-16-7-5-8-17-35)22-14-23-42(52)36-18-9-6-10-19-36;/h5-26,28-30,33-34,47H,27H2,1-4H3;/q-3;. The van der Waals surface area contributed by atoms with Crippen molar-refractivity contribution >= 4 is 53.0 Å². The number of allylic oxidation sites excluding steroid dienone is 1. The van der Waals surface area contributed by atoms with Gasteiger partial charge in [-0.15, -0.1) is 48.0 Å². The van der Waals surface area contributed by atoms with E-state index in [0.717, 1.165) is 62.8 Å². The van der Waals surface area contributed by atoms with E-state index in [1.54, 1.807) is 0 Å². The fourth-order valence-electron chi connectivity index (χ4n) is 9.10. The molecule has 11 rings (SSSR count). The number of nitrogens with zero attached hydrogens (tertiary/aromatic N) is 4. The molecule has 5 nitrogen and oxygen atoms in total. The molecule has 4 heterocycles. The summed E-state index contributed by atoms with van der Waals surface area (Å²) >= 11 is 0. The summed E-state index contributed by atoms with van der Waals surface area (Å²) in [6, 6.07) is 56.6. The minimum Gasteiger partial charge on any atom is -0.509 e. The minimum absolute atomic E-state index is 0. The molecule has 0 fully saturated rings. The molecular formula is C53H42N4OPPt-3. The summed E-state index contributed by atoms with van der Waals surface area (Å²) in [4.78, 5) is 9.48. The van der Waals surface area contributed by atoms with Crippen LogP contribution in [-0.4, -0.2) is 16.2 Å². The van der Waals surface area contributed by atoms with Crippen molar-refractivity contribution in [3.63, 3.8) is 0 Å². The van der Waals surface area contributed by atoms with Crippen LogP contribution < -0.4 is 19.8 Å². The van der Waals surface area contributed by atoms with Crippen molar-refractivity contribution in [2.24, 2.45) is 0 Å². The summed E-state index contributed by atoms with van der Waals surface area (Å²) in [5.74, 6) is 2.25. The van der Waals surface area contributed by atoms with Gasteiger partial charge in [-0.2, -0.15) is 6.07 Å². The van der Waals surface area contributed by atoms with E-state index in [-0.39, 0.29) is 26.5 Å². The Hall–Kier alpha value is -5.73. The SMILES string of the molecule is CP1c2cc(Oc3[c-]c(N4[CH-]N(c5c(-c6ccccc6)cccc5-c5ccccc5)c5ccccc54)ccc3)[c-]c3c2c2c(n3-c3cc(C(C)(C)C)ccn3)C=CCC21.[Pt]. The quantitative estimate of drug-likeness (QED) is 0.118. The van der Waals surface area contributed by atoms with Gasteiger partial charge in [-0.3, -0.25) is 0 Å². The Morgan fingerprint density at radius 2 is 1.40 bits per heavy atom. The second kappa shape index (κ2) is 15.1. The second-order valence-electron chi connectivity index (χ2n) is 16.6. The summed E-state index contributed by atoms with van der Waals surface area (Å²) in [6.07, 6.45) is 7.62. The maximum atomic E-state index is 6.81. The number of ether oxygens (including phenoxy) is 1. The largest absolute Gasteiger partial charge is 0.509 e. The summed E-state index contributed by atoms with van der Waals surface area (Å²) in [6.45, 7) is 11.4. The van der Waals surface area contributed by atoms with Gasteiger partial charge in [-0.25, -0.2) is 4.98 Å². The molecule has 2 aromatic heterocycles. The van der Waals surface area contributed by atoms with Gasteiger partial charge in [-0.1, -0.05) is 142 Å². The van der Waals surface area contributed by atoms with E-state index in [2.05, 4.69) is 206 Å². The van der Waals surface area contributed by atoms with Crippen molar-refractivity contribution in [2.75, 3.05) is 16.5 Å². The number of pyridine rings is 1. The van der Waals surface area contributed by atoms with E-state index >= 15 is 0 Å². The van der Waals surface area contributed by atoms with Gasteiger partial charge in [0.05, 0.1) is 0 Å². The molecule has 2 unspecified atom stereocenters. The Kier molecular flexibility index (Phi) is 9.66. The first-order valence-electron chi connectivity index (χ1n) is 20.3. The number of fused-ring (bicyclic) bond motifs is 1. The summed E-state index contributed by atoms with van der Waals surface area (Å²) in [5, 5.41) is 2.70. The van der Waals surface area contributed by atoms with Crippen LogP contribution in [0.15, 0.2) is 152 Å². The molecule has 0 radical (unpaired) electrons. The fourth-order valence-corrected chi connectivity index (χ4v) is 11.4. The number of hydrogen-bond acceptors (Lipinski definition) is 4. The van der Waals surface area contributed by atoms with Crippen molar-refractivity contribution in [3.8, 4) is 39.6 Å². The summed E-state index contributed by atoms with van der Waals surface area (Å²) < 4.78 is 9.12. The van der Waals surface area contributed by atoms with Crippen LogP contribution >= 0.6 is 7.92 Å². The first kappa shape index (κ1) is 38.5. The van der Waals surface area contributed by atoms with Gasteiger partial charge in [0.25, 0.3) is 0 Å². The van der Waals surface area contributed by atoms with Crippen molar-refractivity contribution in [1.29, 1.82) is 0 Å². The van der Waals surface area contributed by atoms with Gasteiger partial charge in [0.15, 0.2) is 0 Å². The number of anilines is 4. The molecule has 3 aliphatic rings. The van der Waals surface area contributed by atoms with Crippen LogP contribution in [0.2, 0.25) is 0 Å². The first-order chi connectivity index (χ1) is 28.8. The number of hydrogen-bond donors (Lipinski definition) is 0. The Morgan fingerprint density at radius 3 is 2.10 bits per heavy atom. The first-order valence-corrected chi connectivity index (χ1v) is 22.1. The van der Waals surface area contributed by atoms with Crippen LogP contribution in [-0.2, 0) is 26.5 Å². The third kappa shape index (κ3) is 6.33. The van der Waals surface area contributed by atoms with Gasteiger partial charge in [0.2, 0.25) is 0 Å². The molecule has 0 amide bonds. The van der Waals surface area contributed by atoms with Crippen LogP contribution in [0.3, 0.4) is 0 Å². The van der Waals surface area contributed by atoms with E-state index in [1.807, 2.05) is 12.3 Å². The third-order valence-electron chi connectivity index (χ3n) is 12.0. The molecule has 0 N–H and O–H groups in total. The van der Waals surface area contributed by atoms with Gasteiger partial charge < -0.3 is 19.1 Å². The van der Waals surface area contributed by atoms with Crippen LogP contribution in [0.25, 0.3) is 45.1 Å². The molecule has 6 aromatic carbocycles. The number of rotatable bonds is 7. The Labute approximate surface area is 368 Å². The van der Waals surface area contributed by atoms with E-state index in [9.17, 15) is 0 Å². The molecule has 0 saturated carbocycles. The second-order valence-corrected chi connectivity index (χ2v) is 18.9. The summed E-state index contributed by atoms with van der Waals surface area (Å²) in [5.41, 5.74) is 14.2. The molecule has 2 atom stereocenters. The molecule has 0 saturated heterocycles. The monoisotopic (exact) mass is 976 g/mol. The molecule has 0 bridgehead atoms. The van der Waals surface area contributed by atoms with Crippen molar-refractivity contribution in [1.82, 2.24) is 9.55 Å². The number of para-hydroxylation sites is 3. The van der Waals surface area contributed by atoms with Crippen LogP contribution in [0.5, 0.6) is 11.5 Å². The third-order valence-corrected chi connectivity index (χ3v) is 14.5. The van der Waals surface area contributed by atoms with E-state index < -0.39 is 7.92 Å². The van der Waals surface area contributed by atoms with Crippen LogP contribution in [0.4, 0.5) is 22.7 Å². The minimum atomic E-state index is -0.422. The predicted octanol–water partition coefficient (Wildman–Crippen LogP) is 13.7. The molecule has 298 valence electrons. The van der Waals surface area contributed by atoms with Crippen molar-refractivity contribution in [3.05, 3.63) is 187 Å². The zero-order valence-corrected chi connectivity index (χ0v) is 37.0. The smallest absolute Gasteiger partial charge is 0.135 e. The Balaban J connectivity index is 0.00000433. The Bertz CT molecular complexity index is 2900. The maximum Gasteiger partial charge on any atom is 0.135 e. The van der Waals surface area contributed by atoms with Gasteiger partial charge >= 0.3 is 0 Å². The van der Waals surface area contributed by atoms with Crippen molar-refractivity contribution < 1.29 is 25.8 Å². The number of benzene rings is 6. The molecule has 2 aliphatic heterocycles.